The zero-order valence-corrected chi connectivity index (χ0v) is 18.4. The number of ether oxygens (including phenoxy) is 1. The number of nitrogens with zero attached hydrogens (tertiary/aromatic N) is 1. The highest BCUT2D eigenvalue weighted by atomic mass is 16.5. The van der Waals surface area contributed by atoms with Gasteiger partial charge in [-0.15, -0.1) is 0 Å². The molecule has 1 aromatic carbocycles. The summed E-state index contributed by atoms with van der Waals surface area (Å²) >= 11 is 0. The average molecular weight is 376 g/mol. The van der Waals surface area contributed by atoms with Crippen molar-refractivity contribution in [1.29, 1.82) is 0 Å². The topological polar surface area (TPSA) is 32.7 Å². The van der Waals surface area contributed by atoms with Crippen LogP contribution in [0.3, 0.4) is 0 Å². The Labute approximate surface area is 167 Å². The third kappa shape index (κ3) is 7.46. The van der Waals surface area contributed by atoms with E-state index in [1.165, 1.54) is 37.7 Å². The van der Waals surface area contributed by atoms with Crippen molar-refractivity contribution in [1.82, 2.24) is 4.90 Å². The lowest BCUT2D eigenvalue weighted by Crippen LogP contribution is -2.40. The highest BCUT2D eigenvalue weighted by Crippen LogP contribution is 2.36. The minimum absolute atomic E-state index is 0.138. The molecule has 1 saturated carbocycles. The van der Waals surface area contributed by atoms with E-state index in [4.69, 9.17) is 4.74 Å². The fourth-order valence-corrected chi connectivity index (χ4v) is 4.68. The molecule has 0 heterocycles. The van der Waals surface area contributed by atoms with E-state index in [-0.39, 0.29) is 5.41 Å². The van der Waals surface area contributed by atoms with Crippen LogP contribution in [0.25, 0.3) is 0 Å². The van der Waals surface area contributed by atoms with Crippen LogP contribution >= 0.6 is 0 Å². The van der Waals surface area contributed by atoms with E-state index >= 15 is 0 Å². The number of likely N-dealkylation sites (N-methyl/N-ethyl adjacent to an activating group) is 1. The Bertz CT molecular complexity index is 553. The molecule has 0 radical (unpaired) electrons. The molecule has 1 unspecified atom stereocenters. The average Bonchev–Trinajstić information content (AvgIpc) is 2.59. The maximum Gasteiger partial charge on any atom is 0.119 e. The van der Waals surface area contributed by atoms with Crippen molar-refractivity contribution in [3.05, 3.63) is 29.8 Å². The van der Waals surface area contributed by atoms with E-state index in [0.717, 1.165) is 12.2 Å². The zero-order valence-electron chi connectivity index (χ0n) is 18.4. The summed E-state index contributed by atoms with van der Waals surface area (Å²) in [5.41, 5.74) is 1.77. The first-order valence-electron chi connectivity index (χ1n) is 10.7. The number of hydrogen-bond acceptors (Lipinski definition) is 3. The van der Waals surface area contributed by atoms with E-state index in [2.05, 4.69) is 58.7 Å². The van der Waals surface area contributed by atoms with Gasteiger partial charge in [0.05, 0.1) is 0 Å². The van der Waals surface area contributed by atoms with Gasteiger partial charge >= 0.3 is 0 Å². The van der Waals surface area contributed by atoms with E-state index in [0.29, 0.717) is 24.6 Å². The lowest BCUT2D eigenvalue weighted by molar-refractivity contribution is 0.0561. The van der Waals surface area contributed by atoms with Gasteiger partial charge in [0.25, 0.3) is 0 Å². The van der Waals surface area contributed by atoms with Gasteiger partial charge in [0.2, 0.25) is 0 Å². The van der Waals surface area contributed by atoms with Crippen molar-refractivity contribution >= 4 is 0 Å². The van der Waals surface area contributed by atoms with E-state index < -0.39 is 6.10 Å². The molecule has 1 fully saturated rings. The van der Waals surface area contributed by atoms with Crippen LogP contribution in [0, 0.1) is 5.41 Å². The monoisotopic (exact) mass is 375 g/mol. The Morgan fingerprint density at radius 2 is 1.63 bits per heavy atom. The molecular weight excluding hydrogens is 334 g/mol. The predicted molar refractivity (Wildman–Crippen MR) is 115 cm³/mol. The first kappa shape index (κ1) is 22.2. The summed E-state index contributed by atoms with van der Waals surface area (Å²) in [6.07, 6.45) is 7.20. The minimum Gasteiger partial charge on any atom is -0.491 e. The molecule has 0 bridgehead atoms. The van der Waals surface area contributed by atoms with Crippen LogP contribution in [0.4, 0.5) is 0 Å². The lowest BCUT2D eigenvalue weighted by Gasteiger charge is -2.33. The summed E-state index contributed by atoms with van der Waals surface area (Å²) in [5.74, 6) is 0.838. The third-order valence-electron chi connectivity index (χ3n) is 5.75. The number of benzene rings is 1. The van der Waals surface area contributed by atoms with Gasteiger partial charge < -0.3 is 14.7 Å². The molecule has 0 aliphatic heterocycles. The summed E-state index contributed by atoms with van der Waals surface area (Å²) in [4.78, 5) is 2.31. The number of rotatable bonds is 8. The quantitative estimate of drug-likeness (QED) is 0.660. The largest absolute Gasteiger partial charge is 0.491 e. The van der Waals surface area contributed by atoms with Crippen molar-refractivity contribution in [2.45, 2.75) is 90.7 Å². The highest BCUT2D eigenvalue weighted by molar-refractivity contribution is 5.31. The van der Waals surface area contributed by atoms with Crippen LogP contribution in [0.15, 0.2) is 24.3 Å². The summed E-state index contributed by atoms with van der Waals surface area (Å²) in [6.45, 7) is 12.5. The summed E-state index contributed by atoms with van der Waals surface area (Å²) in [6, 6.07) is 9.04. The van der Waals surface area contributed by atoms with Crippen molar-refractivity contribution in [2.75, 3.05) is 20.2 Å². The molecule has 1 aromatic rings. The second kappa shape index (κ2) is 9.43. The van der Waals surface area contributed by atoms with Gasteiger partial charge in [0.1, 0.15) is 18.5 Å². The molecule has 1 atom stereocenters. The zero-order chi connectivity index (χ0) is 20.1. The molecule has 1 aliphatic rings. The number of aliphatic hydroxyl groups is 1. The van der Waals surface area contributed by atoms with Gasteiger partial charge in [-0.2, -0.15) is 0 Å². The molecule has 1 N–H and O–H groups in total. The van der Waals surface area contributed by atoms with Crippen molar-refractivity contribution in [2.24, 2.45) is 5.41 Å². The second-order valence-corrected chi connectivity index (χ2v) is 10.3. The number of hydrogen-bond donors (Lipinski definition) is 1. The first-order chi connectivity index (χ1) is 12.6. The molecule has 3 nitrogen and oxygen atoms in total. The van der Waals surface area contributed by atoms with Gasteiger partial charge in [-0.3, -0.25) is 0 Å². The Balaban J connectivity index is 1.82. The molecule has 154 valence electrons. The fraction of sp³-hybridized carbons (Fsp3) is 0.750. The Hall–Kier alpha value is -1.06. The van der Waals surface area contributed by atoms with Crippen molar-refractivity contribution in [3.63, 3.8) is 0 Å². The molecule has 0 saturated heterocycles. The summed E-state index contributed by atoms with van der Waals surface area (Å²) in [5, 5.41) is 10.4. The smallest absolute Gasteiger partial charge is 0.119 e. The van der Waals surface area contributed by atoms with Gasteiger partial charge in [-0.1, -0.05) is 66.0 Å². The normalized spacial score (nSPS) is 17.9. The predicted octanol–water partition coefficient (Wildman–Crippen LogP) is 5.40. The molecule has 3 heteroatoms. The maximum absolute atomic E-state index is 10.4. The molecule has 1 aliphatic carbocycles. The molecule has 0 aromatic heterocycles. The van der Waals surface area contributed by atoms with E-state index in [9.17, 15) is 5.11 Å². The molecule has 2 rings (SSSR count). The number of aliphatic hydroxyl groups excluding tert-OH is 1. The van der Waals surface area contributed by atoms with Crippen LogP contribution in [-0.4, -0.2) is 42.4 Å². The van der Waals surface area contributed by atoms with Gasteiger partial charge in [-0.25, -0.2) is 0 Å². The SMILES string of the molecule is CN(CC(O)COc1ccc(C(C)(C)CC(C)(C)C)cc1)C1CCCCC1. The first-order valence-corrected chi connectivity index (χ1v) is 10.7. The molecule has 27 heavy (non-hydrogen) atoms. The van der Waals surface area contributed by atoms with Crippen LogP contribution in [-0.2, 0) is 5.41 Å². The fourth-order valence-electron chi connectivity index (χ4n) is 4.68. The Morgan fingerprint density at radius 3 is 2.19 bits per heavy atom. The van der Waals surface area contributed by atoms with Crippen LogP contribution in [0.1, 0.15) is 78.7 Å². The van der Waals surface area contributed by atoms with E-state index in [1.54, 1.807) is 0 Å². The van der Waals surface area contributed by atoms with Crippen LogP contribution in [0.2, 0.25) is 0 Å². The summed E-state index contributed by atoms with van der Waals surface area (Å²) < 4.78 is 5.85. The van der Waals surface area contributed by atoms with Gasteiger partial charge in [0.15, 0.2) is 0 Å². The minimum atomic E-state index is -0.450. The Kier molecular flexibility index (Phi) is 7.76. The second-order valence-electron chi connectivity index (χ2n) is 10.3. The molecule has 0 spiro atoms. The van der Waals surface area contributed by atoms with E-state index in [1.807, 2.05) is 12.1 Å². The molecule has 0 amide bonds. The maximum atomic E-state index is 10.4. The highest BCUT2D eigenvalue weighted by Gasteiger charge is 2.27. The van der Waals surface area contributed by atoms with Crippen molar-refractivity contribution < 1.29 is 9.84 Å². The Morgan fingerprint density at radius 1 is 1.04 bits per heavy atom. The van der Waals surface area contributed by atoms with Gasteiger partial charge in [0, 0.05) is 12.6 Å². The van der Waals surface area contributed by atoms with Crippen molar-refractivity contribution in [3.8, 4) is 5.75 Å². The molecular formula is C24H41NO2. The third-order valence-corrected chi connectivity index (χ3v) is 5.75. The lowest BCUT2D eigenvalue weighted by atomic mass is 9.72. The van der Waals surface area contributed by atoms with Gasteiger partial charge in [-0.05, 0) is 54.8 Å². The van der Waals surface area contributed by atoms with Crippen LogP contribution < -0.4 is 4.74 Å². The summed E-state index contributed by atoms with van der Waals surface area (Å²) in [7, 11) is 2.13. The standard InChI is InChI=1S/C24H41NO2/c1-23(2,3)18-24(4,5)19-12-14-22(15-13-19)27-17-21(26)16-25(6)20-10-8-7-9-11-20/h12-15,20-21,26H,7-11,16-18H2,1-6H3. The van der Waals surface area contributed by atoms with Crippen LogP contribution in [0.5, 0.6) is 5.75 Å².